The maximum atomic E-state index is 12.4. The lowest BCUT2D eigenvalue weighted by Gasteiger charge is -2.38. The third-order valence-electron chi connectivity index (χ3n) is 5.07. The molecule has 0 unspecified atom stereocenters. The average molecular weight is 422 g/mol. The molecular weight excluding hydrogens is 404 g/mol. The van der Waals surface area contributed by atoms with Crippen LogP contribution in [0.5, 0.6) is 5.88 Å². The zero-order valence-electron chi connectivity index (χ0n) is 16.3. The molecule has 4 aromatic rings. The lowest BCUT2D eigenvalue weighted by molar-refractivity contribution is 0.0159. The van der Waals surface area contributed by atoms with Gasteiger partial charge in [0.05, 0.1) is 53.2 Å². The fraction of sp³-hybridized carbons (Fsp3) is 0.250. The highest BCUT2D eigenvalue weighted by molar-refractivity contribution is 7.16. The van der Waals surface area contributed by atoms with E-state index in [0.717, 1.165) is 15.8 Å². The number of aryl methyl sites for hydroxylation is 2. The maximum absolute atomic E-state index is 12.4. The van der Waals surface area contributed by atoms with Crippen LogP contribution in [0, 0.1) is 0 Å². The second-order valence-electron chi connectivity index (χ2n) is 7.20. The number of rotatable bonds is 4. The Labute approximate surface area is 175 Å². The van der Waals surface area contributed by atoms with Crippen molar-refractivity contribution in [2.45, 2.75) is 6.10 Å². The van der Waals surface area contributed by atoms with Crippen LogP contribution in [0.25, 0.3) is 21.5 Å². The van der Waals surface area contributed by atoms with E-state index in [9.17, 15) is 9.59 Å². The molecule has 0 N–H and O–H groups in total. The number of ether oxygens (including phenoxy) is 1. The van der Waals surface area contributed by atoms with Gasteiger partial charge in [-0.2, -0.15) is 5.10 Å². The summed E-state index contributed by atoms with van der Waals surface area (Å²) in [5.74, 6) is 0.352. The van der Waals surface area contributed by atoms with Gasteiger partial charge in [0.15, 0.2) is 0 Å². The Balaban J connectivity index is 1.28. The Kier molecular flexibility index (Phi) is 4.35. The molecule has 5 rings (SSSR count). The number of aromatic nitrogens is 5. The second kappa shape index (κ2) is 7.06. The van der Waals surface area contributed by atoms with E-state index in [1.807, 2.05) is 18.2 Å². The zero-order chi connectivity index (χ0) is 20.8. The smallest absolute Gasteiger partial charge is 0.307 e. The molecule has 10 heteroatoms. The molecule has 1 aliphatic rings. The quantitative estimate of drug-likeness (QED) is 0.497. The summed E-state index contributed by atoms with van der Waals surface area (Å²) in [5, 5.41) is 4.03. The number of carbonyl (C=O) groups excluding carboxylic acids is 1. The Bertz CT molecular complexity index is 1320. The summed E-state index contributed by atoms with van der Waals surface area (Å²) in [6, 6.07) is 5.76. The summed E-state index contributed by atoms with van der Waals surface area (Å²) in [6.07, 6.45) is 6.36. The van der Waals surface area contributed by atoms with Gasteiger partial charge in [0, 0.05) is 25.9 Å². The Morgan fingerprint density at radius 2 is 2.03 bits per heavy atom. The molecule has 0 radical (unpaired) electrons. The molecule has 152 valence electrons. The number of nitrogens with zero attached hydrogens (tertiary/aromatic N) is 6. The summed E-state index contributed by atoms with van der Waals surface area (Å²) < 4.78 is 10.0. The van der Waals surface area contributed by atoms with Gasteiger partial charge in [-0.15, -0.1) is 0 Å². The van der Waals surface area contributed by atoms with Gasteiger partial charge in [0.1, 0.15) is 6.10 Å². The number of amides is 1. The van der Waals surface area contributed by atoms with E-state index in [0.29, 0.717) is 30.2 Å². The molecule has 1 amide bonds. The topological polar surface area (TPSA) is 95.1 Å². The van der Waals surface area contributed by atoms with Gasteiger partial charge in [-0.3, -0.25) is 19.3 Å². The summed E-state index contributed by atoms with van der Waals surface area (Å²) in [7, 11) is 3.54. The van der Waals surface area contributed by atoms with Crippen molar-refractivity contribution in [1.29, 1.82) is 0 Å². The molecule has 0 spiro atoms. The van der Waals surface area contributed by atoms with Crippen molar-refractivity contribution in [2.24, 2.45) is 14.1 Å². The number of thiazole rings is 1. The van der Waals surface area contributed by atoms with Crippen LogP contribution in [-0.4, -0.2) is 54.3 Å². The van der Waals surface area contributed by atoms with Gasteiger partial charge in [-0.05, 0) is 12.1 Å². The van der Waals surface area contributed by atoms with Crippen molar-refractivity contribution in [3.63, 3.8) is 0 Å². The lowest BCUT2D eigenvalue weighted by atomic mass is 10.1. The molecule has 3 aromatic heterocycles. The SMILES string of the molecule is Cn1cc(C(=O)N2CC(Oc3cncc(-c4ccc5c(c4)sc(=O)n5C)n3)C2)cn1. The van der Waals surface area contributed by atoms with Crippen LogP contribution in [0.2, 0.25) is 0 Å². The van der Waals surface area contributed by atoms with Gasteiger partial charge in [-0.25, -0.2) is 4.98 Å². The Morgan fingerprint density at radius 1 is 1.20 bits per heavy atom. The van der Waals surface area contributed by atoms with Gasteiger partial charge in [0.2, 0.25) is 5.88 Å². The van der Waals surface area contributed by atoms with Crippen LogP contribution < -0.4 is 9.61 Å². The molecule has 30 heavy (non-hydrogen) atoms. The number of fused-ring (bicyclic) bond motifs is 1. The molecule has 0 atom stereocenters. The van der Waals surface area contributed by atoms with Crippen LogP contribution >= 0.6 is 11.3 Å². The number of hydrogen-bond acceptors (Lipinski definition) is 7. The van der Waals surface area contributed by atoms with Crippen LogP contribution in [0.4, 0.5) is 0 Å². The van der Waals surface area contributed by atoms with Crippen LogP contribution in [-0.2, 0) is 14.1 Å². The first-order valence-electron chi connectivity index (χ1n) is 9.34. The number of carbonyl (C=O) groups is 1. The minimum Gasteiger partial charge on any atom is -0.469 e. The Morgan fingerprint density at radius 3 is 2.80 bits per heavy atom. The highest BCUT2D eigenvalue weighted by Gasteiger charge is 2.33. The summed E-state index contributed by atoms with van der Waals surface area (Å²) in [4.78, 5) is 34.7. The molecule has 0 aliphatic carbocycles. The standard InChI is InChI=1S/C20H18N6O3S/c1-24-9-13(6-22-24)19(27)26-10-14(11-26)29-18-8-21-7-15(23-18)12-3-4-16-17(5-12)30-20(28)25(16)2/h3-9,14H,10-11H2,1-2H3. The molecule has 9 nitrogen and oxygen atoms in total. The van der Waals surface area contributed by atoms with Crippen molar-refractivity contribution in [3.8, 4) is 17.1 Å². The zero-order valence-corrected chi connectivity index (χ0v) is 17.2. The number of benzene rings is 1. The van der Waals surface area contributed by atoms with Crippen molar-refractivity contribution in [1.82, 2.24) is 29.2 Å². The van der Waals surface area contributed by atoms with Crippen molar-refractivity contribution in [3.05, 3.63) is 58.2 Å². The Hall–Kier alpha value is -3.53. The van der Waals surface area contributed by atoms with E-state index >= 15 is 0 Å². The summed E-state index contributed by atoms with van der Waals surface area (Å²) in [6.45, 7) is 0.979. The fourth-order valence-corrected chi connectivity index (χ4v) is 4.32. The first-order valence-corrected chi connectivity index (χ1v) is 10.2. The maximum Gasteiger partial charge on any atom is 0.307 e. The van der Waals surface area contributed by atoms with Gasteiger partial charge in [-0.1, -0.05) is 17.4 Å². The van der Waals surface area contributed by atoms with E-state index < -0.39 is 0 Å². The number of hydrogen-bond donors (Lipinski definition) is 0. The molecule has 4 heterocycles. The monoisotopic (exact) mass is 422 g/mol. The third-order valence-corrected chi connectivity index (χ3v) is 6.07. The van der Waals surface area contributed by atoms with Crippen molar-refractivity contribution < 1.29 is 9.53 Å². The molecule has 1 saturated heterocycles. The largest absolute Gasteiger partial charge is 0.469 e. The average Bonchev–Trinajstić information content (AvgIpc) is 3.27. The fourth-order valence-electron chi connectivity index (χ4n) is 3.40. The third kappa shape index (κ3) is 3.24. The molecule has 0 saturated carbocycles. The van der Waals surface area contributed by atoms with E-state index in [4.69, 9.17) is 4.74 Å². The lowest BCUT2D eigenvalue weighted by Crippen LogP contribution is -2.56. The predicted molar refractivity (Wildman–Crippen MR) is 112 cm³/mol. The van der Waals surface area contributed by atoms with Gasteiger partial charge >= 0.3 is 4.87 Å². The minimum absolute atomic E-state index is 0.000636. The van der Waals surface area contributed by atoms with E-state index in [-0.39, 0.29) is 16.9 Å². The highest BCUT2D eigenvalue weighted by Crippen LogP contribution is 2.26. The van der Waals surface area contributed by atoms with Gasteiger partial charge in [0.25, 0.3) is 5.91 Å². The molecular formula is C20H18N6O3S. The van der Waals surface area contributed by atoms with E-state index in [1.165, 1.54) is 11.3 Å². The van der Waals surface area contributed by atoms with Gasteiger partial charge < -0.3 is 14.2 Å². The van der Waals surface area contributed by atoms with Crippen LogP contribution in [0.1, 0.15) is 10.4 Å². The predicted octanol–water partition coefficient (Wildman–Crippen LogP) is 1.69. The molecule has 1 fully saturated rings. The molecule has 1 aliphatic heterocycles. The summed E-state index contributed by atoms with van der Waals surface area (Å²) in [5.41, 5.74) is 2.99. The van der Waals surface area contributed by atoms with Crippen LogP contribution in [0.3, 0.4) is 0 Å². The minimum atomic E-state index is -0.128. The van der Waals surface area contributed by atoms with Crippen LogP contribution in [0.15, 0.2) is 47.8 Å². The highest BCUT2D eigenvalue weighted by atomic mass is 32.1. The number of likely N-dealkylation sites (tertiary alicyclic amines) is 1. The first kappa shape index (κ1) is 18.5. The molecule has 0 bridgehead atoms. The molecule has 1 aromatic carbocycles. The van der Waals surface area contributed by atoms with E-state index in [1.54, 1.807) is 53.0 Å². The first-order chi connectivity index (χ1) is 14.5. The van der Waals surface area contributed by atoms with Crippen molar-refractivity contribution >= 4 is 27.5 Å². The van der Waals surface area contributed by atoms with E-state index in [2.05, 4.69) is 15.1 Å². The normalized spacial score (nSPS) is 14.1. The second-order valence-corrected chi connectivity index (χ2v) is 8.20. The summed E-state index contributed by atoms with van der Waals surface area (Å²) >= 11 is 1.20. The van der Waals surface area contributed by atoms with Crippen molar-refractivity contribution in [2.75, 3.05) is 13.1 Å².